The third kappa shape index (κ3) is 5.54. The Morgan fingerprint density at radius 3 is 1.95 bits per heavy atom. The lowest BCUT2D eigenvalue weighted by molar-refractivity contribution is -0.111. The first-order valence-electron chi connectivity index (χ1n) is 7.09. The van der Waals surface area contributed by atoms with Gasteiger partial charge in [-0.3, -0.25) is 4.79 Å². The quantitative estimate of drug-likeness (QED) is 0.777. The number of hydrogen-bond acceptors (Lipinski definition) is 2. The lowest BCUT2D eigenvalue weighted by Crippen LogP contribution is -2.08. The summed E-state index contributed by atoms with van der Waals surface area (Å²) < 4.78 is 0. The first kappa shape index (κ1) is 16.4. The van der Waals surface area contributed by atoms with Crippen LogP contribution in [0, 0.1) is 11.8 Å². The van der Waals surface area contributed by atoms with E-state index >= 15 is 0 Å². The highest BCUT2D eigenvalue weighted by Gasteiger charge is 2.20. The van der Waals surface area contributed by atoms with Crippen molar-refractivity contribution in [1.82, 2.24) is 0 Å². The van der Waals surface area contributed by atoms with E-state index in [1.54, 1.807) is 6.08 Å². The molecule has 0 heterocycles. The third-order valence-electron chi connectivity index (χ3n) is 2.76. The molecule has 0 amide bonds. The number of hydrogen-bond donors (Lipinski definition) is 1. The second kappa shape index (κ2) is 7.81. The van der Waals surface area contributed by atoms with Crippen LogP contribution in [0.25, 0.3) is 0 Å². The number of carbonyl (C=O) groups excluding carboxylic acids is 1. The summed E-state index contributed by atoms with van der Waals surface area (Å²) in [6.07, 6.45) is 14.7. The summed E-state index contributed by atoms with van der Waals surface area (Å²) in [5.74, 6) is 0.905. The first-order valence-corrected chi connectivity index (χ1v) is 7.09. The standard InChI is InChI=1S/C9H12O2.C9H12/c1-6(2)5-7-8(10)3-4-9(7)11;1-8(2)7-9-5-3-4-6-9/h3-6,8,10H,1-2H3;3-8H,1-2H3/b7-5-;. The van der Waals surface area contributed by atoms with Gasteiger partial charge >= 0.3 is 0 Å². The topological polar surface area (TPSA) is 37.3 Å². The maximum Gasteiger partial charge on any atom is 0.184 e. The van der Waals surface area contributed by atoms with Crippen LogP contribution in [0.15, 0.2) is 59.8 Å². The maximum absolute atomic E-state index is 11.0. The summed E-state index contributed by atoms with van der Waals surface area (Å²) in [7, 11) is 0. The van der Waals surface area contributed by atoms with Crippen molar-refractivity contribution in [3.63, 3.8) is 0 Å². The van der Waals surface area contributed by atoms with E-state index < -0.39 is 6.10 Å². The summed E-state index contributed by atoms with van der Waals surface area (Å²) in [6, 6.07) is 0. The van der Waals surface area contributed by atoms with Crippen molar-refractivity contribution >= 4 is 5.78 Å². The van der Waals surface area contributed by atoms with E-state index in [1.807, 2.05) is 13.8 Å². The Balaban J connectivity index is 0.000000204. The molecule has 2 rings (SSSR count). The van der Waals surface area contributed by atoms with Gasteiger partial charge in [-0.15, -0.1) is 0 Å². The van der Waals surface area contributed by atoms with Crippen molar-refractivity contribution in [3.8, 4) is 0 Å². The third-order valence-corrected chi connectivity index (χ3v) is 2.76. The molecule has 2 aliphatic rings. The molecule has 2 nitrogen and oxygen atoms in total. The molecular weight excluding hydrogens is 248 g/mol. The van der Waals surface area contributed by atoms with Crippen LogP contribution in [-0.4, -0.2) is 17.0 Å². The van der Waals surface area contributed by atoms with Crippen molar-refractivity contribution in [3.05, 3.63) is 59.8 Å². The molecule has 0 bridgehead atoms. The molecule has 0 aromatic carbocycles. The first-order chi connectivity index (χ1) is 9.40. The molecule has 0 fully saturated rings. The fourth-order valence-corrected chi connectivity index (χ4v) is 1.95. The van der Waals surface area contributed by atoms with Gasteiger partial charge in [0.1, 0.15) is 6.10 Å². The minimum absolute atomic E-state index is 0.0637. The van der Waals surface area contributed by atoms with Crippen molar-refractivity contribution in [2.75, 3.05) is 0 Å². The molecular formula is C18H24O2. The smallest absolute Gasteiger partial charge is 0.184 e. The highest BCUT2D eigenvalue weighted by atomic mass is 16.3. The predicted octanol–water partition coefficient (Wildman–Crippen LogP) is 3.76. The summed E-state index contributed by atoms with van der Waals surface area (Å²) in [5, 5.41) is 9.23. The van der Waals surface area contributed by atoms with Gasteiger partial charge in [0.05, 0.1) is 0 Å². The van der Waals surface area contributed by atoms with E-state index in [9.17, 15) is 9.90 Å². The largest absolute Gasteiger partial charge is 0.384 e. The molecule has 2 heteroatoms. The molecule has 0 saturated carbocycles. The number of aliphatic hydroxyl groups excluding tert-OH is 1. The second-order valence-corrected chi connectivity index (χ2v) is 5.66. The van der Waals surface area contributed by atoms with Gasteiger partial charge in [0.15, 0.2) is 5.78 Å². The van der Waals surface area contributed by atoms with E-state index in [1.165, 1.54) is 17.7 Å². The van der Waals surface area contributed by atoms with Crippen molar-refractivity contribution < 1.29 is 9.90 Å². The minimum Gasteiger partial charge on any atom is -0.384 e. The monoisotopic (exact) mass is 272 g/mol. The molecule has 1 unspecified atom stereocenters. The Morgan fingerprint density at radius 1 is 1.00 bits per heavy atom. The average molecular weight is 272 g/mol. The summed E-state index contributed by atoms with van der Waals surface area (Å²) in [6.45, 7) is 8.33. The molecule has 0 aliphatic heterocycles. The molecule has 2 aliphatic carbocycles. The van der Waals surface area contributed by atoms with Crippen LogP contribution < -0.4 is 0 Å². The second-order valence-electron chi connectivity index (χ2n) is 5.66. The number of rotatable bonds is 2. The van der Waals surface area contributed by atoms with Gasteiger partial charge < -0.3 is 5.11 Å². The van der Waals surface area contributed by atoms with E-state index in [4.69, 9.17) is 0 Å². The fourth-order valence-electron chi connectivity index (χ4n) is 1.95. The zero-order valence-electron chi connectivity index (χ0n) is 12.7. The molecule has 1 N–H and O–H groups in total. The van der Waals surface area contributed by atoms with Crippen LogP contribution in [0.5, 0.6) is 0 Å². The summed E-state index contributed by atoms with van der Waals surface area (Å²) >= 11 is 0. The normalized spacial score (nSPS) is 22.1. The molecule has 0 aromatic rings. The van der Waals surface area contributed by atoms with Crippen LogP contribution in [0.4, 0.5) is 0 Å². The number of ketones is 1. The SMILES string of the molecule is CC(C)/C=C1\C(=O)C=CC1O.CC(C)C=C1C=CC=C1. The highest BCUT2D eigenvalue weighted by Crippen LogP contribution is 2.16. The van der Waals surface area contributed by atoms with Gasteiger partial charge in [-0.05, 0) is 29.6 Å². The molecule has 108 valence electrons. The fraction of sp³-hybridized carbons (Fsp3) is 0.389. The van der Waals surface area contributed by atoms with Crippen LogP contribution in [0.1, 0.15) is 27.7 Å². The molecule has 20 heavy (non-hydrogen) atoms. The summed E-state index contributed by atoms with van der Waals surface area (Å²) in [5.41, 5.74) is 1.85. The maximum atomic E-state index is 11.0. The van der Waals surface area contributed by atoms with Gasteiger partial charge in [-0.1, -0.05) is 64.2 Å². The highest BCUT2D eigenvalue weighted by molar-refractivity contribution is 6.07. The predicted molar refractivity (Wildman–Crippen MR) is 84.3 cm³/mol. The number of carbonyl (C=O) groups is 1. The van der Waals surface area contributed by atoms with Crippen molar-refractivity contribution in [2.45, 2.75) is 33.8 Å². The van der Waals surface area contributed by atoms with E-state index in [-0.39, 0.29) is 5.78 Å². The number of aliphatic hydroxyl groups is 1. The van der Waals surface area contributed by atoms with E-state index in [0.29, 0.717) is 17.4 Å². The van der Waals surface area contributed by atoms with Crippen molar-refractivity contribution in [1.29, 1.82) is 0 Å². The zero-order chi connectivity index (χ0) is 15.1. The number of allylic oxidation sites excluding steroid dienone is 8. The Labute approximate surface area is 121 Å². The van der Waals surface area contributed by atoms with E-state index in [2.05, 4.69) is 44.2 Å². The van der Waals surface area contributed by atoms with E-state index in [0.717, 1.165) is 0 Å². The Bertz CT molecular complexity index is 472. The molecule has 0 saturated heterocycles. The lowest BCUT2D eigenvalue weighted by atomic mass is 10.1. The van der Waals surface area contributed by atoms with Gasteiger partial charge in [0.25, 0.3) is 0 Å². The Morgan fingerprint density at radius 2 is 1.55 bits per heavy atom. The van der Waals surface area contributed by atoms with Gasteiger partial charge in [-0.2, -0.15) is 0 Å². The molecule has 0 spiro atoms. The Kier molecular flexibility index (Phi) is 6.40. The molecule has 1 atom stereocenters. The van der Waals surface area contributed by atoms with Gasteiger partial charge in [0.2, 0.25) is 0 Å². The van der Waals surface area contributed by atoms with Crippen LogP contribution >= 0.6 is 0 Å². The van der Waals surface area contributed by atoms with Crippen LogP contribution in [0.2, 0.25) is 0 Å². The van der Waals surface area contributed by atoms with Crippen molar-refractivity contribution in [2.24, 2.45) is 11.8 Å². The van der Waals surface area contributed by atoms with Crippen LogP contribution in [-0.2, 0) is 4.79 Å². The minimum atomic E-state index is -0.676. The summed E-state index contributed by atoms with van der Waals surface area (Å²) in [4.78, 5) is 11.0. The Hall–Kier alpha value is -1.67. The average Bonchev–Trinajstić information content (AvgIpc) is 2.94. The van der Waals surface area contributed by atoms with Crippen LogP contribution in [0.3, 0.4) is 0 Å². The molecule has 0 radical (unpaired) electrons. The lowest BCUT2D eigenvalue weighted by Gasteiger charge is -2.03. The van der Waals surface area contributed by atoms with Gasteiger partial charge in [-0.25, -0.2) is 0 Å². The molecule has 0 aromatic heterocycles. The zero-order valence-corrected chi connectivity index (χ0v) is 12.7. The van der Waals surface area contributed by atoms with Gasteiger partial charge in [0, 0.05) is 5.57 Å².